The van der Waals surface area contributed by atoms with Gasteiger partial charge in [-0.2, -0.15) is 0 Å². The normalized spacial score (nSPS) is 11.6. The second-order valence-corrected chi connectivity index (χ2v) is 5.41. The van der Waals surface area contributed by atoms with Gasteiger partial charge in [0.15, 0.2) is 0 Å². The Hall–Kier alpha value is -1.55. The molecule has 0 N–H and O–H groups in total. The third kappa shape index (κ3) is 2.34. The zero-order chi connectivity index (χ0) is 13.3. The molecule has 18 heavy (non-hydrogen) atoms. The lowest BCUT2D eigenvalue weighted by molar-refractivity contribution is 0.414. The van der Waals surface area contributed by atoms with Crippen molar-refractivity contribution in [2.24, 2.45) is 0 Å². The number of hydrogen-bond acceptors (Lipinski definition) is 3. The van der Waals surface area contributed by atoms with Crippen molar-refractivity contribution in [1.29, 1.82) is 0 Å². The van der Waals surface area contributed by atoms with Crippen LogP contribution in [0, 0.1) is 0 Å². The fourth-order valence-corrected chi connectivity index (χ4v) is 1.93. The van der Waals surface area contributed by atoms with Crippen molar-refractivity contribution < 1.29 is 4.74 Å². The van der Waals surface area contributed by atoms with Gasteiger partial charge in [-0.15, -0.1) is 10.2 Å². The fraction of sp³-hybridized carbons (Fsp3) is 0.385. The standard InChI is InChI=1S/C13H16ClN3O/c1-13(2,3)11-15-16-12(14)17(11)9-5-7-10(18-4)8-6-9/h5-8H,1-4H3. The zero-order valence-corrected chi connectivity index (χ0v) is 11.7. The molecule has 96 valence electrons. The van der Waals surface area contributed by atoms with Gasteiger partial charge in [-0.05, 0) is 35.9 Å². The van der Waals surface area contributed by atoms with Gasteiger partial charge in [0.05, 0.1) is 12.8 Å². The van der Waals surface area contributed by atoms with Crippen molar-refractivity contribution in [3.05, 3.63) is 35.4 Å². The molecular formula is C13H16ClN3O. The third-order valence-electron chi connectivity index (χ3n) is 2.63. The third-order valence-corrected chi connectivity index (χ3v) is 2.87. The first-order valence-electron chi connectivity index (χ1n) is 5.69. The lowest BCUT2D eigenvalue weighted by Gasteiger charge is -2.19. The molecule has 0 aliphatic rings. The topological polar surface area (TPSA) is 39.9 Å². The Labute approximate surface area is 112 Å². The number of hydrogen-bond donors (Lipinski definition) is 0. The molecule has 0 spiro atoms. The quantitative estimate of drug-likeness (QED) is 0.837. The Morgan fingerprint density at radius 2 is 1.72 bits per heavy atom. The summed E-state index contributed by atoms with van der Waals surface area (Å²) in [4.78, 5) is 0. The summed E-state index contributed by atoms with van der Waals surface area (Å²) in [6.07, 6.45) is 0. The lowest BCUT2D eigenvalue weighted by Crippen LogP contribution is -2.18. The summed E-state index contributed by atoms with van der Waals surface area (Å²) in [5.74, 6) is 1.64. The second kappa shape index (κ2) is 4.61. The fourth-order valence-electron chi connectivity index (χ4n) is 1.71. The van der Waals surface area contributed by atoms with Crippen molar-refractivity contribution in [2.75, 3.05) is 7.11 Å². The maximum absolute atomic E-state index is 6.12. The lowest BCUT2D eigenvalue weighted by atomic mass is 9.95. The molecule has 0 aliphatic heterocycles. The van der Waals surface area contributed by atoms with Crippen molar-refractivity contribution in [1.82, 2.24) is 14.8 Å². The Morgan fingerprint density at radius 3 is 2.22 bits per heavy atom. The van der Waals surface area contributed by atoms with Gasteiger partial charge in [0.25, 0.3) is 0 Å². The predicted octanol–water partition coefficient (Wildman–Crippen LogP) is 3.23. The van der Waals surface area contributed by atoms with Crippen molar-refractivity contribution in [2.45, 2.75) is 26.2 Å². The molecule has 0 amide bonds. The van der Waals surface area contributed by atoms with Gasteiger partial charge in [0.2, 0.25) is 5.28 Å². The Bertz CT molecular complexity index is 540. The number of benzene rings is 1. The van der Waals surface area contributed by atoms with Crippen LogP contribution in [0.1, 0.15) is 26.6 Å². The molecule has 0 fully saturated rings. The summed E-state index contributed by atoms with van der Waals surface area (Å²) in [5, 5.41) is 8.47. The maximum atomic E-state index is 6.12. The SMILES string of the molecule is COc1ccc(-n2c(Cl)nnc2C(C)(C)C)cc1. The molecule has 0 radical (unpaired) electrons. The van der Waals surface area contributed by atoms with Gasteiger partial charge >= 0.3 is 0 Å². The van der Waals surface area contributed by atoms with Gasteiger partial charge in [-0.25, -0.2) is 0 Å². The van der Waals surface area contributed by atoms with Crippen LogP contribution in [0.3, 0.4) is 0 Å². The van der Waals surface area contributed by atoms with Crippen LogP contribution in [-0.4, -0.2) is 21.9 Å². The van der Waals surface area contributed by atoms with Crippen LogP contribution >= 0.6 is 11.6 Å². The van der Waals surface area contributed by atoms with Crippen LogP contribution in [0.4, 0.5) is 0 Å². The Kier molecular flexibility index (Phi) is 3.30. The highest BCUT2D eigenvalue weighted by atomic mass is 35.5. The van der Waals surface area contributed by atoms with Gasteiger partial charge in [0, 0.05) is 5.41 Å². The average molecular weight is 266 g/mol. The van der Waals surface area contributed by atoms with E-state index in [0.717, 1.165) is 17.3 Å². The highest BCUT2D eigenvalue weighted by Gasteiger charge is 2.24. The first-order valence-corrected chi connectivity index (χ1v) is 6.07. The van der Waals surface area contributed by atoms with E-state index in [1.54, 1.807) is 7.11 Å². The van der Waals surface area contributed by atoms with Crippen LogP contribution in [0.25, 0.3) is 5.69 Å². The second-order valence-electron chi connectivity index (χ2n) is 5.08. The van der Waals surface area contributed by atoms with Gasteiger partial charge in [-0.3, -0.25) is 4.57 Å². The summed E-state index contributed by atoms with van der Waals surface area (Å²) >= 11 is 6.12. The molecule has 5 heteroatoms. The molecule has 2 aromatic rings. The highest BCUT2D eigenvalue weighted by Crippen LogP contribution is 2.27. The largest absolute Gasteiger partial charge is 0.497 e. The molecular weight excluding hydrogens is 250 g/mol. The number of rotatable bonds is 2. The molecule has 0 saturated carbocycles. The first-order chi connectivity index (χ1) is 8.43. The van der Waals surface area contributed by atoms with Gasteiger partial charge < -0.3 is 4.74 Å². The van der Waals surface area contributed by atoms with E-state index in [0.29, 0.717) is 5.28 Å². The monoisotopic (exact) mass is 265 g/mol. The van der Waals surface area contributed by atoms with E-state index in [4.69, 9.17) is 16.3 Å². The molecule has 0 atom stereocenters. The summed E-state index contributed by atoms with van der Waals surface area (Å²) < 4.78 is 6.99. The minimum Gasteiger partial charge on any atom is -0.497 e. The zero-order valence-electron chi connectivity index (χ0n) is 10.9. The number of aromatic nitrogens is 3. The van der Waals surface area contributed by atoms with Gasteiger partial charge in [-0.1, -0.05) is 20.8 Å². The van der Waals surface area contributed by atoms with E-state index >= 15 is 0 Å². The molecule has 0 bridgehead atoms. The molecule has 0 aliphatic carbocycles. The van der Waals surface area contributed by atoms with Crippen molar-refractivity contribution in [3.8, 4) is 11.4 Å². The minimum atomic E-state index is -0.125. The predicted molar refractivity (Wildman–Crippen MR) is 71.6 cm³/mol. The molecule has 0 saturated heterocycles. The van der Waals surface area contributed by atoms with Gasteiger partial charge in [0.1, 0.15) is 11.6 Å². The Balaban J connectivity index is 2.52. The van der Waals surface area contributed by atoms with E-state index in [9.17, 15) is 0 Å². The van der Waals surface area contributed by atoms with Crippen molar-refractivity contribution in [3.63, 3.8) is 0 Å². The van der Waals surface area contributed by atoms with Crippen LogP contribution in [0.15, 0.2) is 24.3 Å². The van der Waals surface area contributed by atoms with Crippen LogP contribution in [0.5, 0.6) is 5.75 Å². The summed E-state index contributed by atoms with van der Waals surface area (Å²) in [6.45, 7) is 6.23. The van der Waals surface area contributed by atoms with Crippen LogP contribution in [-0.2, 0) is 5.41 Å². The Morgan fingerprint density at radius 1 is 1.11 bits per heavy atom. The van der Waals surface area contributed by atoms with E-state index in [1.807, 2.05) is 28.8 Å². The summed E-state index contributed by atoms with van der Waals surface area (Å²) in [5.41, 5.74) is 0.802. The average Bonchev–Trinajstić information content (AvgIpc) is 2.71. The first kappa shape index (κ1) is 12.9. The molecule has 1 heterocycles. The smallest absolute Gasteiger partial charge is 0.229 e. The molecule has 2 rings (SSSR count). The van der Waals surface area contributed by atoms with E-state index in [1.165, 1.54) is 0 Å². The number of methoxy groups -OCH3 is 1. The van der Waals surface area contributed by atoms with Crippen LogP contribution in [0.2, 0.25) is 5.28 Å². The number of nitrogens with zero attached hydrogens (tertiary/aromatic N) is 3. The van der Waals surface area contributed by atoms with E-state index in [-0.39, 0.29) is 5.41 Å². The minimum absolute atomic E-state index is 0.125. The molecule has 4 nitrogen and oxygen atoms in total. The summed E-state index contributed by atoms with van der Waals surface area (Å²) in [6, 6.07) is 7.64. The highest BCUT2D eigenvalue weighted by molar-refractivity contribution is 6.28. The summed E-state index contributed by atoms with van der Waals surface area (Å²) in [7, 11) is 1.64. The number of ether oxygens (including phenoxy) is 1. The molecule has 1 aromatic heterocycles. The van der Waals surface area contributed by atoms with Crippen LogP contribution < -0.4 is 4.74 Å². The number of halogens is 1. The van der Waals surface area contributed by atoms with E-state index < -0.39 is 0 Å². The van der Waals surface area contributed by atoms with Crippen molar-refractivity contribution >= 4 is 11.6 Å². The molecule has 0 unspecified atom stereocenters. The van der Waals surface area contributed by atoms with E-state index in [2.05, 4.69) is 31.0 Å². The molecule has 1 aromatic carbocycles. The maximum Gasteiger partial charge on any atom is 0.229 e.